The number of hydrogen-bond donors (Lipinski definition) is 1. The van der Waals surface area contributed by atoms with Crippen molar-refractivity contribution < 1.29 is 9.18 Å². The molecule has 0 fully saturated rings. The molecule has 0 saturated heterocycles. The Kier molecular flexibility index (Phi) is 5.96. The quantitative estimate of drug-likeness (QED) is 0.860. The summed E-state index contributed by atoms with van der Waals surface area (Å²) in [5.41, 5.74) is 6.75. The maximum absolute atomic E-state index is 13.1. The molecule has 0 spiro atoms. The van der Waals surface area contributed by atoms with Gasteiger partial charge < -0.3 is 10.6 Å². The molecule has 0 heterocycles. The van der Waals surface area contributed by atoms with Gasteiger partial charge in [-0.05, 0) is 30.5 Å². The molecule has 1 aromatic rings. The summed E-state index contributed by atoms with van der Waals surface area (Å²) >= 11 is 0. The first-order chi connectivity index (χ1) is 8.99. The summed E-state index contributed by atoms with van der Waals surface area (Å²) in [6.07, 6.45) is 0.866. The largest absolute Gasteiger partial charge is 0.337 e. The van der Waals surface area contributed by atoms with Crippen LogP contribution in [-0.4, -0.2) is 23.4 Å². The van der Waals surface area contributed by atoms with Crippen LogP contribution in [0.4, 0.5) is 4.39 Å². The Hall–Kier alpha value is -1.42. The van der Waals surface area contributed by atoms with Crippen molar-refractivity contribution in [1.82, 2.24) is 4.90 Å². The molecule has 0 aromatic heterocycles. The van der Waals surface area contributed by atoms with E-state index < -0.39 is 6.04 Å². The Labute approximate surface area is 114 Å². The average molecular weight is 266 g/mol. The summed E-state index contributed by atoms with van der Waals surface area (Å²) in [7, 11) is 0. The molecule has 0 bridgehead atoms. The SMILES string of the molecule is CC[C@H](C)[C@H](N)C(=O)N(CC)Cc1cccc(F)c1. The number of likely N-dealkylation sites (N-methyl/N-ethyl adjacent to an activating group) is 1. The fourth-order valence-corrected chi connectivity index (χ4v) is 1.91. The first kappa shape index (κ1) is 15.6. The lowest BCUT2D eigenvalue weighted by atomic mass is 9.98. The third-order valence-corrected chi connectivity index (χ3v) is 3.50. The highest BCUT2D eigenvalue weighted by molar-refractivity contribution is 5.81. The van der Waals surface area contributed by atoms with Crippen molar-refractivity contribution >= 4 is 5.91 Å². The predicted octanol–water partition coefficient (Wildman–Crippen LogP) is 2.55. The van der Waals surface area contributed by atoms with Gasteiger partial charge in [-0.2, -0.15) is 0 Å². The Bertz CT molecular complexity index is 422. The lowest BCUT2D eigenvalue weighted by molar-refractivity contribution is -0.134. The first-order valence-corrected chi connectivity index (χ1v) is 6.78. The van der Waals surface area contributed by atoms with Gasteiger partial charge in [0.05, 0.1) is 6.04 Å². The molecule has 4 heteroatoms. The minimum Gasteiger partial charge on any atom is -0.337 e. The average Bonchev–Trinajstić information content (AvgIpc) is 2.42. The Morgan fingerprint density at radius 1 is 1.42 bits per heavy atom. The van der Waals surface area contributed by atoms with Gasteiger partial charge in [0.1, 0.15) is 5.82 Å². The highest BCUT2D eigenvalue weighted by Gasteiger charge is 2.24. The number of carbonyl (C=O) groups is 1. The second kappa shape index (κ2) is 7.24. The van der Waals surface area contributed by atoms with E-state index in [1.807, 2.05) is 26.8 Å². The zero-order chi connectivity index (χ0) is 14.4. The smallest absolute Gasteiger partial charge is 0.240 e. The van der Waals surface area contributed by atoms with Crippen LogP contribution >= 0.6 is 0 Å². The molecule has 0 unspecified atom stereocenters. The van der Waals surface area contributed by atoms with Gasteiger partial charge in [-0.25, -0.2) is 4.39 Å². The Balaban J connectivity index is 2.75. The van der Waals surface area contributed by atoms with Gasteiger partial charge in [0.2, 0.25) is 5.91 Å². The number of hydrogen-bond acceptors (Lipinski definition) is 2. The zero-order valence-corrected chi connectivity index (χ0v) is 11.9. The minimum absolute atomic E-state index is 0.0684. The standard InChI is InChI=1S/C15H23FN2O/c1-4-11(3)14(17)15(19)18(5-2)10-12-7-6-8-13(16)9-12/h6-9,11,14H,4-5,10,17H2,1-3H3/t11-,14-/m0/s1. The van der Waals surface area contributed by atoms with Crippen molar-refractivity contribution in [3.05, 3.63) is 35.6 Å². The number of benzene rings is 1. The van der Waals surface area contributed by atoms with Crippen LogP contribution in [0.3, 0.4) is 0 Å². The molecular weight excluding hydrogens is 243 g/mol. The van der Waals surface area contributed by atoms with Crippen LogP contribution in [0.25, 0.3) is 0 Å². The third-order valence-electron chi connectivity index (χ3n) is 3.50. The molecule has 1 amide bonds. The topological polar surface area (TPSA) is 46.3 Å². The second-order valence-electron chi connectivity index (χ2n) is 4.89. The number of nitrogens with two attached hydrogens (primary N) is 1. The van der Waals surface area contributed by atoms with Crippen LogP contribution in [0.2, 0.25) is 0 Å². The van der Waals surface area contributed by atoms with E-state index in [1.54, 1.807) is 11.0 Å². The monoisotopic (exact) mass is 266 g/mol. The normalized spacial score (nSPS) is 13.9. The van der Waals surface area contributed by atoms with Crippen LogP contribution in [0, 0.1) is 11.7 Å². The molecule has 2 atom stereocenters. The maximum atomic E-state index is 13.1. The van der Waals surface area contributed by atoms with Gasteiger partial charge in [-0.3, -0.25) is 4.79 Å². The summed E-state index contributed by atoms with van der Waals surface area (Å²) in [6, 6.07) is 5.82. The number of amides is 1. The Morgan fingerprint density at radius 2 is 2.11 bits per heavy atom. The summed E-state index contributed by atoms with van der Waals surface area (Å²) in [6.45, 7) is 6.86. The molecule has 0 aliphatic rings. The summed E-state index contributed by atoms with van der Waals surface area (Å²) < 4.78 is 13.1. The first-order valence-electron chi connectivity index (χ1n) is 6.78. The van der Waals surface area contributed by atoms with Crippen LogP contribution in [0.15, 0.2) is 24.3 Å². The highest BCUT2D eigenvalue weighted by atomic mass is 19.1. The van der Waals surface area contributed by atoms with E-state index in [-0.39, 0.29) is 17.6 Å². The third kappa shape index (κ3) is 4.31. The van der Waals surface area contributed by atoms with Crippen molar-refractivity contribution in [3.8, 4) is 0 Å². The van der Waals surface area contributed by atoms with Crippen molar-refractivity contribution in [1.29, 1.82) is 0 Å². The fourth-order valence-electron chi connectivity index (χ4n) is 1.91. The molecule has 3 nitrogen and oxygen atoms in total. The van der Waals surface area contributed by atoms with Gasteiger partial charge in [0, 0.05) is 13.1 Å². The van der Waals surface area contributed by atoms with E-state index in [0.29, 0.717) is 13.1 Å². The lowest BCUT2D eigenvalue weighted by Gasteiger charge is -2.27. The summed E-state index contributed by atoms with van der Waals surface area (Å²) in [5.74, 6) is -0.206. The van der Waals surface area contributed by atoms with E-state index in [1.165, 1.54) is 12.1 Å². The summed E-state index contributed by atoms with van der Waals surface area (Å²) in [5, 5.41) is 0. The number of nitrogens with zero attached hydrogens (tertiary/aromatic N) is 1. The molecule has 0 aliphatic carbocycles. The second-order valence-corrected chi connectivity index (χ2v) is 4.89. The van der Waals surface area contributed by atoms with E-state index >= 15 is 0 Å². The van der Waals surface area contributed by atoms with Crippen molar-refractivity contribution in [2.75, 3.05) is 6.54 Å². The lowest BCUT2D eigenvalue weighted by Crippen LogP contribution is -2.46. The number of halogens is 1. The molecule has 0 radical (unpaired) electrons. The minimum atomic E-state index is -0.487. The summed E-state index contributed by atoms with van der Waals surface area (Å²) in [4.78, 5) is 13.9. The molecule has 0 aliphatic heterocycles. The van der Waals surface area contributed by atoms with E-state index in [9.17, 15) is 9.18 Å². The molecule has 1 aromatic carbocycles. The molecule has 2 N–H and O–H groups in total. The highest BCUT2D eigenvalue weighted by Crippen LogP contribution is 2.12. The van der Waals surface area contributed by atoms with Crippen molar-refractivity contribution in [2.45, 2.75) is 39.8 Å². The Morgan fingerprint density at radius 3 is 2.63 bits per heavy atom. The zero-order valence-electron chi connectivity index (χ0n) is 11.9. The molecule has 19 heavy (non-hydrogen) atoms. The number of rotatable bonds is 6. The fraction of sp³-hybridized carbons (Fsp3) is 0.533. The van der Waals surface area contributed by atoms with Crippen molar-refractivity contribution in [3.63, 3.8) is 0 Å². The van der Waals surface area contributed by atoms with Gasteiger partial charge in [-0.15, -0.1) is 0 Å². The van der Waals surface area contributed by atoms with E-state index in [4.69, 9.17) is 5.73 Å². The van der Waals surface area contributed by atoms with Gasteiger partial charge in [0.15, 0.2) is 0 Å². The van der Waals surface area contributed by atoms with Gasteiger partial charge >= 0.3 is 0 Å². The van der Waals surface area contributed by atoms with Crippen LogP contribution in [0.1, 0.15) is 32.8 Å². The van der Waals surface area contributed by atoms with Gasteiger partial charge in [0.25, 0.3) is 0 Å². The van der Waals surface area contributed by atoms with Crippen LogP contribution in [-0.2, 0) is 11.3 Å². The predicted molar refractivity (Wildman–Crippen MR) is 74.9 cm³/mol. The molecule has 106 valence electrons. The van der Waals surface area contributed by atoms with Gasteiger partial charge in [-0.1, -0.05) is 32.4 Å². The molecular formula is C15H23FN2O. The van der Waals surface area contributed by atoms with Crippen LogP contribution < -0.4 is 5.73 Å². The molecule has 1 rings (SSSR count). The van der Waals surface area contributed by atoms with E-state index in [2.05, 4.69) is 0 Å². The van der Waals surface area contributed by atoms with Crippen molar-refractivity contribution in [2.24, 2.45) is 11.7 Å². The molecule has 0 saturated carbocycles. The maximum Gasteiger partial charge on any atom is 0.240 e. The van der Waals surface area contributed by atoms with E-state index in [0.717, 1.165) is 12.0 Å². The number of carbonyl (C=O) groups excluding carboxylic acids is 1. The van der Waals surface area contributed by atoms with Crippen LogP contribution in [0.5, 0.6) is 0 Å².